The first kappa shape index (κ1) is 16.1. The van der Waals surface area contributed by atoms with E-state index in [1.54, 1.807) is 0 Å². The molecule has 0 radical (unpaired) electrons. The van der Waals surface area contributed by atoms with Crippen molar-refractivity contribution in [2.24, 2.45) is 0 Å². The first-order chi connectivity index (χ1) is 9.43. The highest BCUT2D eigenvalue weighted by Crippen LogP contribution is 2.12. The topological polar surface area (TPSA) is 54.5 Å². The van der Waals surface area contributed by atoms with E-state index in [0.29, 0.717) is 0 Å². The Morgan fingerprint density at radius 3 is 1.74 bits per heavy atom. The van der Waals surface area contributed by atoms with E-state index in [2.05, 4.69) is 27.5 Å². The van der Waals surface area contributed by atoms with Crippen LogP contribution in [0.25, 0.3) is 0 Å². The molecule has 0 aliphatic heterocycles. The van der Waals surface area contributed by atoms with Gasteiger partial charge in [-0.25, -0.2) is 5.10 Å². The zero-order valence-electron chi connectivity index (χ0n) is 12.5. The zero-order valence-corrected chi connectivity index (χ0v) is 12.5. The van der Waals surface area contributed by atoms with Crippen LogP contribution in [0.2, 0.25) is 0 Å². The lowest BCUT2D eigenvalue weighted by molar-refractivity contribution is 0.542. The molecule has 0 aliphatic carbocycles. The molecule has 1 heterocycles. The maximum Gasteiger partial charge on any atom is 0.148 e. The number of nitrogens with zero attached hydrogens (tertiary/aromatic N) is 3. The van der Waals surface area contributed by atoms with Crippen molar-refractivity contribution in [1.82, 2.24) is 20.6 Å². The van der Waals surface area contributed by atoms with Crippen LogP contribution in [0.15, 0.2) is 0 Å². The number of aryl methyl sites for hydroxylation is 1. The van der Waals surface area contributed by atoms with Crippen molar-refractivity contribution in [2.45, 2.75) is 90.4 Å². The second kappa shape index (κ2) is 12.1. The van der Waals surface area contributed by atoms with E-state index in [4.69, 9.17) is 0 Å². The number of aromatic amines is 1. The Balaban J connectivity index is 1.72. The van der Waals surface area contributed by atoms with Crippen LogP contribution < -0.4 is 0 Å². The van der Waals surface area contributed by atoms with Gasteiger partial charge in [0.2, 0.25) is 0 Å². The third-order valence-corrected chi connectivity index (χ3v) is 3.66. The molecule has 0 fully saturated rings. The number of tetrazole rings is 1. The number of aromatic nitrogens is 4. The van der Waals surface area contributed by atoms with Crippen LogP contribution in [0.3, 0.4) is 0 Å². The largest absolute Gasteiger partial charge is 0.243 e. The number of unbranched alkanes of at least 4 members (excludes halogenated alkanes) is 11. The summed E-state index contributed by atoms with van der Waals surface area (Å²) in [5.41, 5.74) is 0. The lowest BCUT2D eigenvalue weighted by atomic mass is 10.0. The standard InChI is InChI=1S/C15H30N4/c1-2-3-4-5-6-7-8-9-10-11-12-13-14-15-16-18-19-17-15/h2-14H2,1H3,(H,16,17,18,19). The van der Waals surface area contributed by atoms with Crippen molar-refractivity contribution >= 4 is 0 Å². The molecule has 19 heavy (non-hydrogen) atoms. The molecule has 110 valence electrons. The predicted octanol–water partition coefficient (Wildman–Crippen LogP) is 4.44. The minimum atomic E-state index is 0.923. The van der Waals surface area contributed by atoms with E-state index in [-0.39, 0.29) is 0 Å². The van der Waals surface area contributed by atoms with E-state index >= 15 is 0 Å². The summed E-state index contributed by atoms with van der Waals surface area (Å²) < 4.78 is 0. The Morgan fingerprint density at radius 2 is 1.26 bits per heavy atom. The smallest absolute Gasteiger partial charge is 0.148 e. The molecule has 4 heteroatoms. The highest BCUT2D eigenvalue weighted by molar-refractivity contribution is 4.74. The summed E-state index contributed by atoms with van der Waals surface area (Å²) in [4.78, 5) is 0. The van der Waals surface area contributed by atoms with Gasteiger partial charge in [0, 0.05) is 6.42 Å². The molecule has 0 saturated carbocycles. The summed E-state index contributed by atoms with van der Waals surface area (Å²) in [6.07, 6.45) is 17.6. The van der Waals surface area contributed by atoms with Crippen molar-refractivity contribution in [3.05, 3.63) is 5.82 Å². The van der Waals surface area contributed by atoms with Gasteiger partial charge < -0.3 is 0 Å². The molecule has 1 N–H and O–H groups in total. The van der Waals surface area contributed by atoms with Gasteiger partial charge in [-0.3, -0.25) is 0 Å². The van der Waals surface area contributed by atoms with E-state index in [0.717, 1.165) is 12.2 Å². The average Bonchev–Trinajstić information content (AvgIpc) is 2.93. The molecule has 4 nitrogen and oxygen atoms in total. The SMILES string of the molecule is CCCCCCCCCCCCCCc1nnn[nH]1. The summed E-state index contributed by atoms with van der Waals surface area (Å²) in [7, 11) is 0. The molecule has 0 spiro atoms. The Bertz CT molecular complexity index is 272. The summed E-state index contributed by atoms with van der Waals surface area (Å²) in [5.74, 6) is 0.923. The summed E-state index contributed by atoms with van der Waals surface area (Å²) in [6.45, 7) is 2.28. The normalized spacial score (nSPS) is 11.0. The third kappa shape index (κ3) is 9.62. The molecular formula is C15H30N4. The molecule has 0 unspecified atom stereocenters. The summed E-state index contributed by atoms with van der Waals surface area (Å²) in [5, 5.41) is 13.8. The van der Waals surface area contributed by atoms with Gasteiger partial charge in [-0.05, 0) is 16.8 Å². The molecule has 0 aliphatic rings. The highest BCUT2D eigenvalue weighted by atomic mass is 15.5. The second-order valence-electron chi connectivity index (χ2n) is 5.49. The van der Waals surface area contributed by atoms with Crippen molar-refractivity contribution in [1.29, 1.82) is 0 Å². The molecule has 1 rings (SSSR count). The van der Waals surface area contributed by atoms with E-state index < -0.39 is 0 Å². The van der Waals surface area contributed by atoms with Crippen LogP contribution in [0.4, 0.5) is 0 Å². The fraction of sp³-hybridized carbons (Fsp3) is 0.933. The number of hydrogen-bond acceptors (Lipinski definition) is 3. The molecule has 0 aromatic carbocycles. The fourth-order valence-electron chi connectivity index (χ4n) is 2.42. The number of hydrogen-bond donors (Lipinski definition) is 1. The Morgan fingerprint density at radius 1 is 0.737 bits per heavy atom. The zero-order chi connectivity index (χ0) is 13.6. The van der Waals surface area contributed by atoms with Crippen LogP contribution in [-0.2, 0) is 6.42 Å². The van der Waals surface area contributed by atoms with Crippen molar-refractivity contribution in [2.75, 3.05) is 0 Å². The lowest BCUT2D eigenvalue weighted by Gasteiger charge is -2.02. The van der Waals surface area contributed by atoms with Crippen LogP contribution in [0, 0.1) is 0 Å². The Hall–Kier alpha value is -0.930. The quantitative estimate of drug-likeness (QED) is 0.537. The van der Waals surface area contributed by atoms with Gasteiger partial charge in [-0.2, -0.15) is 0 Å². The molecule has 1 aromatic rings. The van der Waals surface area contributed by atoms with Gasteiger partial charge in [0.15, 0.2) is 0 Å². The van der Waals surface area contributed by atoms with Crippen LogP contribution in [0.5, 0.6) is 0 Å². The predicted molar refractivity (Wildman–Crippen MR) is 79.0 cm³/mol. The van der Waals surface area contributed by atoms with Gasteiger partial charge >= 0.3 is 0 Å². The second-order valence-corrected chi connectivity index (χ2v) is 5.49. The van der Waals surface area contributed by atoms with E-state index in [9.17, 15) is 0 Å². The van der Waals surface area contributed by atoms with Gasteiger partial charge in [0.25, 0.3) is 0 Å². The Labute approximate surface area is 117 Å². The maximum atomic E-state index is 3.89. The molecule has 0 atom stereocenters. The maximum absolute atomic E-state index is 3.89. The molecule has 0 bridgehead atoms. The first-order valence-corrected chi connectivity index (χ1v) is 8.16. The minimum Gasteiger partial charge on any atom is -0.243 e. The van der Waals surface area contributed by atoms with Crippen LogP contribution in [-0.4, -0.2) is 20.6 Å². The minimum absolute atomic E-state index is 0.923. The van der Waals surface area contributed by atoms with Crippen molar-refractivity contribution < 1.29 is 0 Å². The first-order valence-electron chi connectivity index (χ1n) is 8.16. The molecule has 0 amide bonds. The van der Waals surface area contributed by atoms with Gasteiger partial charge in [0.05, 0.1) is 0 Å². The Kier molecular flexibility index (Phi) is 10.3. The fourth-order valence-corrected chi connectivity index (χ4v) is 2.42. The van der Waals surface area contributed by atoms with Crippen molar-refractivity contribution in [3.8, 4) is 0 Å². The summed E-state index contributed by atoms with van der Waals surface area (Å²) >= 11 is 0. The van der Waals surface area contributed by atoms with Gasteiger partial charge in [-0.15, -0.1) is 5.10 Å². The highest BCUT2D eigenvalue weighted by Gasteiger charge is 1.97. The van der Waals surface area contributed by atoms with E-state index in [1.165, 1.54) is 77.0 Å². The molecular weight excluding hydrogens is 236 g/mol. The molecule has 1 aromatic heterocycles. The van der Waals surface area contributed by atoms with Crippen LogP contribution in [0.1, 0.15) is 89.8 Å². The van der Waals surface area contributed by atoms with Crippen LogP contribution >= 0.6 is 0 Å². The average molecular weight is 266 g/mol. The number of nitrogens with one attached hydrogen (secondary N) is 1. The molecule has 0 saturated heterocycles. The van der Waals surface area contributed by atoms with E-state index in [1.807, 2.05) is 0 Å². The van der Waals surface area contributed by atoms with Gasteiger partial charge in [-0.1, -0.05) is 77.6 Å². The monoisotopic (exact) mass is 266 g/mol. The summed E-state index contributed by atoms with van der Waals surface area (Å²) in [6, 6.07) is 0. The lowest BCUT2D eigenvalue weighted by Crippen LogP contribution is -1.89. The number of rotatable bonds is 13. The number of H-pyrrole nitrogens is 1. The third-order valence-electron chi connectivity index (χ3n) is 3.66. The van der Waals surface area contributed by atoms with Crippen molar-refractivity contribution in [3.63, 3.8) is 0 Å². The van der Waals surface area contributed by atoms with Gasteiger partial charge in [0.1, 0.15) is 5.82 Å².